The van der Waals surface area contributed by atoms with Crippen LogP contribution < -0.4 is 10.6 Å². The van der Waals surface area contributed by atoms with Crippen LogP contribution in [-0.2, 0) is 14.3 Å². The minimum Gasteiger partial charge on any atom is -0.444 e. The van der Waals surface area contributed by atoms with E-state index in [-0.39, 0.29) is 6.04 Å². The molecular weight excluding hydrogens is 398 g/mol. The quantitative estimate of drug-likeness (QED) is 0.453. The molecule has 0 bridgehead atoms. The fourth-order valence-corrected chi connectivity index (χ4v) is 3.02. The van der Waals surface area contributed by atoms with E-state index in [1.807, 2.05) is 19.9 Å². The van der Waals surface area contributed by atoms with Crippen molar-refractivity contribution < 1.29 is 24.2 Å². The molecule has 0 saturated carbocycles. The van der Waals surface area contributed by atoms with Gasteiger partial charge in [0.15, 0.2) is 0 Å². The lowest BCUT2D eigenvalue weighted by Crippen LogP contribution is -2.53. The van der Waals surface area contributed by atoms with Crippen molar-refractivity contribution in [2.45, 2.75) is 72.2 Å². The van der Waals surface area contributed by atoms with E-state index in [2.05, 4.69) is 16.7 Å². The molecule has 1 rings (SSSR count). The van der Waals surface area contributed by atoms with E-state index in [0.29, 0.717) is 5.56 Å². The molecule has 0 aliphatic carbocycles. The first-order valence-electron chi connectivity index (χ1n) is 10.1. The first-order chi connectivity index (χ1) is 14.3. The number of alkyl carbamates (subject to hydrolysis) is 1. The van der Waals surface area contributed by atoms with Gasteiger partial charge >= 0.3 is 6.09 Å². The molecule has 1 aromatic rings. The van der Waals surface area contributed by atoms with Crippen LogP contribution in [0.15, 0.2) is 18.2 Å². The maximum absolute atomic E-state index is 13.2. The number of hydrogen-bond donors (Lipinski definition) is 3. The molecule has 0 fully saturated rings. The van der Waals surface area contributed by atoms with E-state index in [9.17, 15) is 19.5 Å². The number of aliphatic hydroxyl groups excluding tert-OH is 1. The fourth-order valence-electron chi connectivity index (χ4n) is 3.02. The first-order valence-corrected chi connectivity index (χ1v) is 10.1. The molecule has 2 unspecified atom stereocenters. The van der Waals surface area contributed by atoms with Gasteiger partial charge in [-0.05, 0) is 54.0 Å². The molecule has 0 saturated heterocycles. The zero-order valence-corrected chi connectivity index (χ0v) is 19.3. The Bertz CT molecular complexity index is 831. The summed E-state index contributed by atoms with van der Waals surface area (Å²) in [5, 5.41) is 14.8. The van der Waals surface area contributed by atoms with Crippen LogP contribution in [0.25, 0.3) is 0 Å². The van der Waals surface area contributed by atoms with Crippen molar-refractivity contribution >= 4 is 17.9 Å². The lowest BCUT2D eigenvalue weighted by atomic mass is 9.98. The van der Waals surface area contributed by atoms with Gasteiger partial charge in [0, 0.05) is 12.1 Å². The van der Waals surface area contributed by atoms with Crippen LogP contribution in [0.3, 0.4) is 0 Å². The Balaban J connectivity index is 3.32. The molecule has 3 N–H and O–H groups in total. The minimum atomic E-state index is -1.38. The van der Waals surface area contributed by atoms with Crippen LogP contribution in [0.1, 0.15) is 57.4 Å². The number of ether oxygens (including phenoxy) is 1. The second kappa shape index (κ2) is 10.8. The molecule has 1 aromatic carbocycles. The van der Waals surface area contributed by atoms with Crippen LogP contribution in [0.5, 0.6) is 0 Å². The molecule has 0 aliphatic rings. The van der Waals surface area contributed by atoms with E-state index < -0.39 is 42.2 Å². The van der Waals surface area contributed by atoms with E-state index in [0.717, 1.165) is 16.0 Å². The highest BCUT2D eigenvalue weighted by Crippen LogP contribution is 2.24. The Hall–Kier alpha value is -3.05. The summed E-state index contributed by atoms with van der Waals surface area (Å²) in [6.07, 6.45) is 4.75. The summed E-state index contributed by atoms with van der Waals surface area (Å²) < 4.78 is 5.15. The largest absolute Gasteiger partial charge is 0.444 e. The van der Waals surface area contributed by atoms with E-state index in [1.165, 1.54) is 0 Å². The normalized spacial score (nSPS) is 13.0. The van der Waals surface area contributed by atoms with Gasteiger partial charge in [-0.2, -0.15) is 0 Å². The van der Waals surface area contributed by atoms with Gasteiger partial charge in [-0.25, -0.2) is 4.79 Å². The summed E-state index contributed by atoms with van der Waals surface area (Å²) in [7, 11) is 0. The number of rotatable bonds is 7. The van der Waals surface area contributed by atoms with Gasteiger partial charge in [-0.3, -0.25) is 14.5 Å². The molecule has 170 valence electrons. The highest BCUT2D eigenvalue weighted by molar-refractivity contribution is 5.93. The third-order valence-corrected chi connectivity index (χ3v) is 4.05. The lowest BCUT2D eigenvalue weighted by Gasteiger charge is -2.30. The number of aliphatic hydroxyl groups is 1. The topological polar surface area (TPSA) is 108 Å². The zero-order chi connectivity index (χ0) is 23.9. The predicted octanol–water partition coefficient (Wildman–Crippen LogP) is 2.17. The Morgan fingerprint density at radius 3 is 2.10 bits per heavy atom. The highest BCUT2D eigenvalue weighted by Gasteiger charge is 2.36. The minimum absolute atomic E-state index is 0.191. The fraction of sp³-hybridized carbons (Fsp3) is 0.522. The first kappa shape index (κ1) is 26.0. The van der Waals surface area contributed by atoms with Crippen molar-refractivity contribution in [2.24, 2.45) is 0 Å². The molecule has 0 heterocycles. The molecule has 31 heavy (non-hydrogen) atoms. The van der Waals surface area contributed by atoms with Crippen LogP contribution in [0.4, 0.5) is 4.79 Å². The van der Waals surface area contributed by atoms with E-state index in [4.69, 9.17) is 11.2 Å². The zero-order valence-electron chi connectivity index (χ0n) is 19.3. The van der Waals surface area contributed by atoms with Crippen molar-refractivity contribution in [3.8, 4) is 12.5 Å². The van der Waals surface area contributed by atoms with Crippen LogP contribution in [-0.4, -0.2) is 52.2 Å². The van der Waals surface area contributed by atoms with Crippen LogP contribution >= 0.6 is 0 Å². The summed E-state index contributed by atoms with van der Waals surface area (Å²) in [5.74, 6) is -1.28. The standard InChI is InChI=1S/C23H33N3O5/c1-9-26(21(29)18(13-27)25-22(30)31-23(6,7)8)19(20(28)24-14(2)3)17-11-15(4)10-16(5)12-17/h1,10-12,14,18-19,27H,13H2,2-8H3,(H,24,28)(H,25,30). The average molecular weight is 432 g/mol. The number of terminal acetylenes is 1. The molecule has 0 spiro atoms. The second-order valence-electron chi connectivity index (χ2n) is 8.71. The summed E-state index contributed by atoms with van der Waals surface area (Å²) in [4.78, 5) is 39.2. The van der Waals surface area contributed by atoms with Crippen molar-refractivity contribution in [3.63, 3.8) is 0 Å². The molecular formula is C23H33N3O5. The van der Waals surface area contributed by atoms with Gasteiger partial charge in [-0.15, -0.1) is 0 Å². The molecule has 8 heteroatoms. The van der Waals surface area contributed by atoms with Gasteiger partial charge < -0.3 is 20.5 Å². The number of nitrogens with zero attached hydrogens (tertiary/aromatic N) is 1. The Kier molecular flexibility index (Phi) is 9.07. The third kappa shape index (κ3) is 7.95. The molecule has 8 nitrogen and oxygen atoms in total. The second-order valence-corrected chi connectivity index (χ2v) is 8.71. The van der Waals surface area contributed by atoms with E-state index in [1.54, 1.807) is 46.8 Å². The van der Waals surface area contributed by atoms with E-state index >= 15 is 0 Å². The smallest absolute Gasteiger partial charge is 0.408 e. The maximum atomic E-state index is 13.2. The number of carbonyl (C=O) groups excluding carboxylic acids is 3. The SMILES string of the molecule is C#CN(C(=O)C(CO)NC(=O)OC(C)(C)C)C(C(=O)NC(C)C)c1cc(C)cc(C)c1. The van der Waals surface area contributed by atoms with Crippen molar-refractivity contribution in [3.05, 3.63) is 34.9 Å². The number of hydrogen-bond acceptors (Lipinski definition) is 5. The van der Waals surface area contributed by atoms with Crippen molar-refractivity contribution in [2.75, 3.05) is 6.61 Å². The third-order valence-electron chi connectivity index (χ3n) is 4.05. The van der Waals surface area contributed by atoms with Gasteiger partial charge in [-0.1, -0.05) is 35.7 Å². The Morgan fingerprint density at radius 2 is 1.68 bits per heavy atom. The van der Waals surface area contributed by atoms with Crippen molar-refractivity contribution in [1.29, 1.82) is 0 Å². The summed E-state index contributed by atoms with van der Waals surface area (Å²) >= 11 is 0. The number of nitrogens with one attached hydrogen (secondary N) is 2. The molecule has 3 amide bonds. The van der Waals surface area contributed by atoms with Gasteiger partial charge in [0.2, 0.25) is 5.91 Å². The monoisotopic (exact) mass is 431 g/mol. The lowest BCUT2D eigenvalue weighted by molar-refractivity contribution is -0.139. The summed E-state index contributed by atoms with van der Waals surface area (Å²) in [6.45, 7) is 11.6. The van der Waals surface area contributed by atoms with Gasteiger partial charge in [0.05, 0.1) is 6.61 Å². The Morgan fingerprint density at radius 1 is 1.13 bits per heavy atom. The van der Waals surface area contributed by atoms with Gasteiger partial charge in [0.1, 0.15) is 17.7 Å². The number of aryl methyl sites for hydroxylation is 2. The van der Waals surface area contributed by atoms with Crippen LogP contribution in [0.2, 0.25) is 0 Å². The van der Waals surface area contributed by atoms with Crippen LogP contribution in [0, 0.1) is 26.3 Å². The number of carbonyl (C=O) groups is 3. The Labute approximate surface area is 184 Å². The summed E-state index contributed by atoms with van der Waals surface area (Å²) in [5.41, 5.74) is 1.52. The van der Waals surface area contributed by atoms with Crippen molar-refractivity contribution in [1.82, 2.24) is 15.5 Å². The average Bonchev–Trinajstić information content (AvgIpc) is 2.60. The molecule has 0 radical (unpaired) electrons. The predicted molar refractivity (Wildman–Crippen MR) is 118 cm³/mol. The molecule has 0 aliphatic heterocycles. The molecule has 2 atom stereocenters. The van der Waals surface area contributed by atoms with Gasteiger partial charge in [0.25, 0.3) is 5.91 Å². The molecule has 0 aromatic heterocycles. The summed E-state index contributed by atoms with van der Waals surface area (Å²) in [6, 6.07) is 5.00. The highest BCUT2D eigenvalue weighted by atomic mass is 16.6. The number of amides is 3. The number of benzene rings is 1. The maximum Gasteiger partial charge on any atom is 0.408 e.